The Morgan fingerprint density at radius 1 is 1.18 bits per heavy atom. The molecule has 0 aliphatic heterocycles. The zero-order valence-corrected chi connectivity index (χ0v) is 12.8. The average molecular weight is 297 g/mol. The molecule has 0 aromatic heterocycles. The largest absolute Gasteiger partial charge is 0.489 e. The summed E-state index contributed by atoms with van der Waals surface area (Å²) < 4.78 is 11.4. The first kappa shape index (κ1) is 15.6. The molecule has 4 nitrogen and oxygen atoms in total. The van der Waals surface area contributed by atoms with E-state index in [-0.39, 0.29) is 0 Å². The fraction of sp³-hybridized carbons (Fsp3) is 0.167. The van der Waals surface area contributed by atoms with Crippen molar-refractivity contribution in [2.75, 3.05) is 19.0 Å². The summed E-state index contributed by atoms with van der Waals surface area (Å²) in [6.07, 6.45) is 2.43. The highest BCUT2D eigenvalue weighted by molar-refractivity contribution is 5.80. The van der Waals surface area contributed by atoms with E-state index in [0.717, 1.165) is 17.5 Å². The van der Waals surface area contributed by atoms with Gasteiger partial charge in [0.25, 0.3) is 0 Å². The molecule has 2 aromatic carbocycles. The fourth-order valence-corrected chi connectivity index (χ4v) is 1.93. The number of carbonyl (C=O) groups is 1. The van der Waals surface area contributed by atoms with Crippen LogP contribution >= 0.6 is 0 Å². The molecule has 0 saturated carbocycles. The van der Waals surface area contributed by atoms with E-state index in [1.165, 1.54) is 0 Å². The number of rotatable bonds is 7. The third kappa shape index (κ3) is 3.67. The molecule has 0 heterocycles. The van der Waals surface area contributed by atoms with Gasteiger partial charge in [0.1, 0.15) is 23.9 Å². The summed E-state index contributed by atoms with van der Waals surface area (Å²) in [5.74, 6) is 1.78. The maximum absolute atomic E-state index is 11.2. The van der Waals surface area contributed by atoms with Crippen LogP contribution in [0.3, 0.4) is 0 Å². The van der Waals surface area contributed by atoms with Gasteiger partial charge in [-0.15, -0.1) is 0 Å². The first-order valence-electron chi connectivity index (χ1n) is 6.97. The highest BCUT2D eigenvalue weighted by atomic mass is 16.5. The molecule has 0 bridgehead atoms. The second-order valence-electron chi connectivity index (χ2n) is 4.75. The van der Waals surface area contributed by atoms with E-state index in [0.29, 0.717) is 29.4 Å². The van der Waals surface area contributed by atoms with Crippen LogP contribution in [0.1, 0.15) is 15.9 Å². The molecule has 2 aromatic rings. The van der Waals surface area contributed by atoms with Crippen LogP contribution < -0.4 is 14.8 Å². The fourth-order valence-electron chi connectivity index (χ4n) is 1.93. The summed E-state index contributed by atoms with van der Waals surface area (Å²) in [4.78, 5) is 11.2. The molecule has 1 N–H and O–H groups in total. The Hall–Kier alpha value is -2.75. The maximum atomic E-state index is 11.2. The van der Waals surface area contributed by atoms with E-state index >= 15 is 0 Å². The van der Waals surface area contributed by atoms with Gasteiger partial charge in [-0.2, -0.15) is 0 Å². The van der Waals surface area contributed by atoms with Crippen LogP contribution in [0.4, 0.5) is 5.69 Å². The number of aryl methyl sites for hydroxylation is 1. The van der Waals surface area contributed by atoms with Gasteiger partial charge >= 0.3 is 0 Å². The van der Waals surface area contributed by atoms with Crippen molar-refractivity contribution in [2.45, 2.75) is 6.92 Å². The van der Waals surface area contributed by atoms with Gasteiger partial charge in [-0.25, -0.2) is 0 Å². The highest BCUT2D eigenvalue weighted by Gasteiger charge is 2.09. The number of nitrogens with one attached hydrogen (secondary N) is 1. The molecule has 0 aliphatic rings. The smallest absolute Gasteiger partial charge is 0.153 e. The lowest BCUT2D eigenvalue weighted by Gasteiger charge is -2.13. The summed E-state index contributed by atoms with van der Waals surface area (Å²) in [5, 5.41) is 3.06. The van der Waals surface area contributed by atoms with E-state index in [9.17, 15) is 4.79 Å². The minimum Gasteiger partial charge on any atom is -0.489 e. The standard InChI is InChI=1S/C18H19NO3/c1-4-9-21-16-8-6-14(12-20)18(11-16)22-17-10-15(19-3)7-5-13(17)2/h4-8,10-12,19H,1,9H2,2-3H3. The van der Waals surface area contributed by atoms with E-state index in [4.69, 9.17) is 9.47 Å². The van der Waals surface area contributed by atoms with Gasteiger partial charge in [0.05, 0.1) is 5.56 Å². The van der Waals surface area contributed by atoms with Crippen molar-refractivity contribution in [2.24, 2.45) is 0 Å². The van der Waals surface area contributed by atoms with Crippen LogP contribution in [0.15, 0.2) is 49.1 Å². The number of hydrogen-bond donors (Lipinski definition) is 1. The zero-order valence-electron chi connectivity index (χ0n) is 12.8. The molecular formula is C18H19NO3. The lowest BCUT2D eigenvalue weighted by molar-refractivity contribution is 0.112. The SMILES string of the molecule is C=CCOc1ccc(C=O)c(Oc2cc(NC)ccc2C)c1. The van der Waals surface area contributed by atoms with Crippen LogP contribution in [-0.2, 0) is 0 Å². The monoisotopic (exact) mass is 297 g/mol. The number of ether oxygens (including phenoxy) is 2. The Kier molecular flexibility index (Phi) is 5.20. The number of hydrogen-bond acceptors (Lipinski definition) is 4. The highest BCUT2D eigenvalue weighted by Crippen LogP contribution is 2.32. The molecule has 0 unspecified atom stereocenters. The van der Waals surface area contributed by atoms with Crippen molar-refractivity contribution >= 4 is 12.0 Å². The molecule has 4 heteroatoms. The molecule has 22 heavy (non-hydrogen) atoms. The Labute approximate surface area is 130 Å². The van der Waals surface area contributed by atoms with Crippen molar-refractivity contribution in [3.63, 3.8) is 0 Å². The van der Waals surface area contributed by atoms with Crippen molar-refractivity contribution in [3.8, 4) is 17.2 Å². The lowest BCUT2D eigenvalue weighted by atomic mass is 10.2. The average Bonchev–Trinajstić information content (AvgIpc) is 2.55. The van der Waals surface area contributed by atoms with Gasteiger partial charge in [-0.1, -0.05) is 18.7 Å². The second kappa shape index (κ2) is 7.31. The van der Waals surface area contributed by atoms with E-state index in [2.05, 4.69) is 11.9 Å². The Morgan fingerprint density at radius 2 is 2.00 bits per heavy atom. The quantitative estimate of drug-likeness (QED) is 0.614. The van der Waals surface area contributed by atoms with Gasteiger partial charge in [0, 0.05) is 24.9 Å². The molecular weight excluding hydrogens is 278 g/mol. The molecule has 0 radical (unpaired) electrons. The molecule has 0 spiro atoms. The first-order valence-corrected chi connectivity index (χ1v) is 6.97. The van der Waals surface area contributed by atoms with Gasteiger partial charge in [-0.3, -0.25) is 4.79 Å². The van der Waals surface area contributed by atoms with Gasteiger partial charge < -0.3 is 14.8 Å². The van der Waals surface area contributed by atoms with E-state index in [1.807, 2.05) is 32.2 Å². The third-order valence-electron chi connectivity index (χ3n) is 3.18. The molecule has 0 saturated heterocycles. The van der Waals surface area contributed by atoms with Crippen molar-refractivity contribution in [1.29, 1.82) is 0 Å². The molecule has 0 amide bonds. The van der Waals surface area contributed by atoms with Crippen LogP contribution in [0, 0.1) is 6.92 Å². The first-order chi connectivity index (χ1) is 10.7. The number of carbonyl (C=O) groups excluding carboxylic acids is 1. The van der Waals surface area contributed by atoms with Crippen molar-refractivity contribution in [3.05, 3.63) is 60.2 Å². The molecule has 0 aliphatic carbocycles. The van der Waals surface area contributed by atoms with Crippen LogP contribution in [0.2, 0.25) is 0 Å². The van der Waals surface area contributed by atoms with Gasteiger partial charge in [0.15, 0.2) is 6.29 Å². The maximum Gasteiger partial charge on any atom is 0.153 e. The Morgan fingerprint density at radius 3 is 2.68 bits per heavy atom. The van der Waals surface area contributed by atoms with Crippen molar-refractivity contribution in [1.82, 2.24) is 0 Å². The van der Waals surface area contributed by atoms with Gasteiger partial charge in [0.2, 0.25) is 0 Å². The normalized spacial score (nSPS) is 9.91. The zero-order chi connectivity index (χ0) is 15.9. The summed E-state index contributed by atoms with van der Waals surface area (Å²) >= 11 is 0. The third-order valence-corrected chi connectivity index (χ3v) is 3.18. The van der Waals surface area contributed by atoms with E-state index in [1.54, 1.807) is 24.3 Å². The molecule has 0 fully saturated rings. The van der Waals surface area contributed by atoms with Gasteiger partial charge in [-0.05, 0) is 30.7 Å². The minimum atomic E-state index is 0.397. The summed E-state index contributed by atoms with van der Waals surface area (Å²) in [7, 11) is 1.84. The minimum absolute atomic E-state index is 0.397. The lowest BCUT2D eigenvalue weighted by Crippen LogP contribution is -1.97. The topological polar surface area (TPSA) is 47.6 Å². The number of benzene rings is 2. The second-order valence-corrected chi connectivity index (χ2v) is 4.75. The summed E-state index contributed by atoms with van der Waals surface area (Å²) in [5.41, 5.74) is 2.39. The number of aldehydes is 1. The molecule has 114 valence electrons. The summed E-state index contributed by atoms with van der Waals surface area (Å²) in [6.45, 7) is 5.96. The Bertz CT molecular complexity index is 680. The molecule has 0 atom stereocenters. The number of anilines is 1. The van der Waals surface area contributed by atoms with Crippen LogP contribution in [-0.4, -0.2) is 19.9 Å². The van der Waals surface area contributed by atoms with Crippen molar-refractivity contribution < 1.29 is 14.3 Å². The van der Waals surface area contributed by atoms with E-state index < -0.39 is 0 Å². The summed E-state index contributed by atoms with van der Waals surface area (Å²) in [6, 6.07) is 10.9. The van der Waals surface area contributed by atoms with Crippen LogP contribution in [0.5, 0.6) is 17.2 Å². The van der Waals surface area contributed by atoms with Crippen LogP contribution in [0.25, 0.3) is 0 Å². The molecule has 2 rings (SSSR count). The Balaban J connectivity index is 2.34. The predicted octanol–water partition coefficient (Wildman–Crippen LogP) is 4.21. The predicted molar refractivity (Wildman–Crippen MR) is 88.3 cm³/mol.